The smallest absolute Gasteiger partial charge is 0.0184 e. The van der Waals surface area contributed by atoms with Crippen molar-refractivity contribution in [2.75, 3.05) is 0 Å². The fourth-order valence-electron chi connectivity index (χ4n) is 0.849. The summed E-state index contributed by atoms with van der Waals surface area (Å²) < 4.78 is 0. The third kappa shape index (κ3) is 1.16. The zero-order valence-electron chi connectivity index (χ0n) is 5.75. The zero-order valence-corrected chi connectivity index (χ0v) is 5.75. The first kappa shape index (κ1) is 6.81. The van der Waals surface area contributed by atoms with E-state index in [1.165, 1.54) is 0 Å². The maximum absolute atomic E-state index is 5.35. The molecule has 0 amide bonds. The van der Waals surface area contributed by atoms with E-state index in [0.29, 0.717) is 0 Å². The molecular weight excluding hydrogens is 120 g/mol. The fraction of sp³-hybridized carbons (Fsp3) is 0. The summed E-state index contributed by atoms with van der Waals surface area (Å²) in [4.78, 5) is 0. The highest BCUT2D eigenvalue weighted by atomic mass is 13.9. The Bertz CT molecular complexity index is 219. The van der Waals surface area contributed by atoms with Crippen molar-refractivity contribution in [3.8, 4) is 0 Å². The summed E-state index contributed by atoms with van der Waals surface area (Å²) in [6.07, 6.45) is 3.37. The van der Waals surface area contributed by atoms with Gasteiger partial charge in [-0.05, 0) is 11.1 Å². The number of rotatable bonds is 2. The topological polar surface area (TPSA) is 0 Å². The van der Waals surface area contributed by atoms with Crippen molar-refractivity contribution in [2.24, 2.45) is 0 Å². The minimum Gasteiger partial charge on any atom is -0.0984 e. The minimum atomic E-state index is 1.03. The molecule has 0 unspecified atom stereocenters. The van der Waals surface area contributed by atoms with Crippen molar-refractivity contribution < 1.29 is 0 Å². The number of hydrogen-bond donors (Lipinski definition) is 0. The van der Waals surface area contributed by atoms with E-state index in [1.807, 2.05) is 24.3 Å². The second-order valence-electron chi connectivity index (χ2n) is 2.00. The molecule has 0 N–H and O–H groups in total. The van der Waals surface area contributed by atoms with Crippen molar-refractivity contribution in [2.45, 2.75) is 0 Å². The molecule has 1 rings (SSSR count). The lowest BCUT2D eigenvalue weighted by Gasteiger charge is -1.96. The van der Waals surface area contributed by atoms with Gasteiger partial charge in [0, 0.05) is 0 Å². The van der Waals surface area contributed by atoms with Gasteiger partial charge in [-0.2, -0.15) is 0 Å². The Morgan fingerprint density at radius 2 is 1.80 bits per heavy atom. The van der Waals surface area contributed by atoms with Gasteiger partial charge in [0.1, 0.15) is 0 Å². The number of benzene rings is 1. The predicted octanol–water partition coefficient (Wildman–Crippen LogP) is 2.78. The van der Waals surface area contributed by atoms with Crippen molar-refractivity contribution in [3.63, 3.8) is 0 Å². The summed E-state index contributed by atoms with van der Waals surface area (Å²) >= 11 is 0. The summed E-state index contributed by atoms with van der Waals surface area (Å²) in [5.74, 6) is 0. The quantitative estimate of drug-likeness (QED) is 0.576. The van der Waals surface area contributed by atoms with Crippen molar-refractivity contribution in [1.82, 2.24) is 0 Å². The van der Waals surface area contributed by atoms with E-state index in [0.717, 1.165) is 11.1 Å². The molecule has 0 aliphatic heterocycles. The summed E-state index contributed by atoms with van der Waals surface area (Å²) in [7, 11) is 0. The molecule has 1 aromatic carbocycles. The third-order valence-corrected chi connectivity index (χ3v) is 1.40. The molecule has 0 nitrogen and oxygen atoms in total. The van der Waals surface area contributed by atoms with Gasteiger partial charge in [0.05, 0.1) is 0 Å². The van der Waals surface area contributed by atoms with Crippen molar-refractivity contribution >= 4 is 12.2 Å². The largest absolute Gasteiger partial charge is 0.0984 e. The van der Waals surface area contributed by atoms with Crippen molar-refractivity contribution in [3.05, 3.63) is 48.6 Å². The maximum Gasteiger partial charge on any atom is -0.0184 e. The van der Waals surface area contributed by atoms with Crippen LogP contribution in [0.1, 0.15) is 11.1 Å². The van der Waals surface area contributed by atoms with Gasteiger partial charge < -0.3 is 0 Å². The van der Waals surface area contributed by atoms with Gasteiger partial charge in [-0.25, -0.2) is 0 Å². The van der Waals surface area contributed by atoms with Crippen LogP contribution in [0.15, 0.2) is 30.8 Å². The fourth-order valence-corrected chi connectivity index (χ4v) is 0.849. The van der Waals surface area contributed by atoms with Gasteiger partial charge in [0.25, 0.3) is 0 Å². The van der Waals surface area contributed by atoms with Crippen LogP contribution in [0, 0.1) is 6.58 Å². The Morgan fingerprint density at radius 1 is 1.20 bits per heavy atom. The Hall–Kier alpha value is -1.30. The molecule has 0 heterocycles. The normalized spacial score (nSPS) is 8.80. The standard InChI is InChI=1S/C10H9/c1-3-9-7-5-6-8-10(9)4-2/h1,3-8H,2H2. The van der Waals surface area contributed by atoms with E-state index in [2.05, 4.69) is 6.58 Å². The first-order chi connectivity index (χ1) is 4.88. The number of hydrogen-bond acceptors (Lipinski definition) is 0. The Balaban J connectivity index is 3.20. The van der Waals surface area contributed by atoms with Crippen LogP contribution in [-0.2, 0) is 0 Å². The minimum absolute atomic E-state index is 1.03. The van der Waals surface area contributed by atoms with Gasteiger partial charge in [-0.1, -0.05) is 49.6 Å². The zero-order chi connectivity index (χ0) is 7.40. The molecule has 0 saturated carbocycles. The molecule has 0 heteroatoms. The van der Waals surface area contributed by atoms with Crippen LogP contribution in [0.2, 0.25) is 0 Å². The lowest BCUT2D eigenvalue weighted by Crippen LogP contribution is -1.76. The summed E-state index contributed by atoms with van der Waals surface area (Å²) in [6.45, 7) is 9.02. The highest BCUT2D eigenvalue weighted by Crippen LogP contribution is 2.09. The molecule has 0 aliphatic rings. The van der Waals surface area contributed by atoms with E-state index in [-0.39, 0.29) is 0 Å². The Morgan fingerprint density at radius 3 is 2.20 bits per heavy atom. The van der Waals surface area contributed by atoms with Gasteiger partial charge in [0.2, 0.25) is 0 Å². The molecule has 0 saturated heterocycles. The Kier molecular flexibility index (Phi) is 2.06. The first-order valence-electron chi connectivity index (χ1n) is 3.15. The lowest BCUT2D eigenvalue weighted by atomic mass is 10.1. The van der Waals surface area contributed by atoms with Crippen LogP contribution < -0.4 is 0 Å². The molecule has 0 spiro atoms. The SMILES string of the molecule is [CH]=Cc1ccccc1C=C. The van der Waals surface area contributed by atoms with Crippen LogP contribution >= 0.6 is 0 Å². The van der Waals surface area contributed by atoms with Crippen LogP contribution in [-0.4, -0.2) is 0 Å². The molecule has 1 radical (unpaired) electrons. The van der Waals surface area contributed by atoms with Crippen LogP contribution in [0.4, 0.5) is 0 Å². The maximum atomic E-state index is 5.35. The van der Waals surface area contributed by atoms with E-state index >= 15 is 0 Å². The van der Waals surface area contributed by atoms with E-state index in [1.54, 1.807) is 12.2 Å². The van der Waals surface area contributed by atoms with Crippen LogP contribution in [0.3, 0.4) is 0 Å². The molecule has 10 heavy (non-hydrogen) atoms. The highest BCUT2D eigenvalue weighted by Gasteiger charge is 1.89. The Labute approximate surface area is 61.5 Å². The monoisotopic (exact) mass is 129 g/mol. The van der Waals surface area contributed by atoms with E-state index in [9.17, 15) is 0 Å². The van der Waals surface area contributed by atoms with Gasteiger partial charge in [0.15, 0.2) is 0 Å². The average Bonchev–Trinajstić information content (AvgIpc) is 2.04. The molecular formula is C10H9. The summed E-state index contributed by atoms with van der Waals surface area (Å²) in [6, 6.07) is 7.85. The molecule has 0 atom stereocenters. The summed E-state index contributed by atoms with van der Waals surface area (Å²) in [5, 5.41) is 0. The predicted molar refractivity (Wildman–Crippen MR) is 45.3 cm³/mol. The first-order valence-corrected chi connectivity index (χ1v) is 3.15. The van der Waals surface area contributed by atoms with Gasteiger partial charge in [-0.15, -0.1) is 0 Å². The lowest BCUT2D eigenvalue weighted by molar-refractivity contribution is 1.62. The van der Waals surface area contributed by atoms with Crippen molar-refractivity contribution in [1.29, 1.82) is 0 Å². The van der Waals surface area contributed by atoms with Gasteiger partial charge in [-0.3, -0.25) is 0 Å². The third-order valence-electron chi connectivity index (χ3n) is 1.40. The highest BCUT2D eigenvalue weighted by molar-refractivity contribution is 5.62. The van der Waals surface area contributed by atoms with E-state index < -0.39 is 0 Å². The molecule has 0 aromatic heterocycles. The second-order valence-corrected chi connectivity index (χ2v) is 2.00. The molecule has 0 aliphatic carbocycles. The molecule has 49 valence electrons. The van der Waals surface area contributed by atoms with Crippen LogP contribution in [0.25, 0.3) is 12.2 Å². The summed E-state index contributed by atoms with van der Waals surface area (Å²) in [5.41, 5.74) is 2.10. The molecule has 0 fully saturated rings. The second kappa shape index (κ2) is 3.02. The average molecular weight is 129 g/mol. The van der Waals surface area contributed by atoms with Crippen LogP contribution in [0.5, 0.6) is 0 Å². The molecule has 0 bridgehead atoms. The molecule has 1 aromatic rings. The van der Waals surface area contributed by atoms with E-state index in [4.69, 9.17) is 6.58 Å². The van der Waals surface area contributed by atoms with Gasteiger partial charge >= 0.3 is 0 Å².